The van der Waals surface area contributed by atoms with Crippen LogP contribution in [0, 0.1) is 0 Å². The van der Waals surface area contributed by atoms with E-state index >= 15 is 0 Å². The van der Waals surface area contributed by atoms with Crippen LogP contribution in [0.25, 0.3) is 21.5 Å². The van der Waals surface area contributed by atoms with Gasteiger partial charge in [-0.2, -0.15) is 0 Å². The number of nitrogens with zero attached hydrogens (tertiary/aromatic N) is 2. The van der Waals surface area contributed by atoms with Gasteiger partial charge in [-0.1, -0.05) is 30.2 Å². The molecule has 168 valence electrons. The third kappa shape index (κ3) is 4.26. The third-order valence-electron chi connectivity index (χ3n) is 6.48. The van der Waals surface area contributed by atoms with Crippen LogP contribution in [0.15, 0.2) is 54.7 Å². The summed E-state index contributed by atoms with van der Waals surface area (Å²) in [5.41, 5.74) is 5.49. The minimum Gasteiger partial charge on any atom is -0.457 e. The van der Waals surface area contributed by atoms with E-state index in [9.17, 15) is 5.11 Å². The van der Waals surface area contributed by atoms with Crippen molar-refractivity contribution in [2.45, 2.75) is 44.2 Å². The second kappa shape index (κ2) is 8.65. The summed E-state index contributed by atoms with van der Waals surface area (Å²) in [7, 11) is 0. The number of pyridine rings is 1. The molecule has 4 aromatic rings. The van der Waals surface area contributed by atoms with Crippen LogP contribution in [0.5, 0.6) is 11.5 Å². The lowest BCUT2D eigenvalue weighted by Crippen LogP contribution is -2.36. The number of nitrogens with one attached hydrogen (secondary N) is 2. The van der Waals surface area contributed by atoms with E-state index in [0.29, 0.717) is 0 Å². The molecular formula is C26H26N4O2S. The molecule has 2 aromatic carbocycles. The highest BCUT2D eigenvalue weighted by molar-refractivity contribution is 7.22. The smallest absolute Gasteiger partial charge is 0.184 e. The lowest BCUT2D eigenvalue weighted by Gasteiger charge is -2.27. The van der Waals surface area contributed by atoms with E-state index in [-0.39, 0.29) is 12.1 Å². The molecule has 2 atom stereocenters. The van der Waals surface area contributed by atoms with Crippen molar-refractivity contribution in [1.82, 2.24) is 9.97 Å². The number of aromatic nitrogens is 2. The van der Waals surface area contributed by atoms with Crippen LogP contribution in [0.4, 0.5) is 10.8 Å². The molecule has 6 rings (SSSR count). The Bertz CT molecular complexity index is 1300. The molecule has 1 saturated carbocycles. The van der Waals surface area contributed by atoms with Crippen molar-refractivity contribution < 1.29 is 9.84 Å². The minimum absolute atomic E-state index is 0.0836. The van der Waals surface area contributed by atoms with Crippen molar-refractivity contribution in [3.05, 3.63) is 60.3 Å². The lowest BCUT2D eigenvalue weighted by atomic mass is 9.93. The molecule has 7 heteroatoms. The van der Waals surface area contributed by atoms with Gasteiger partial charge in [-0.25, -0.2) is 4.98 Å². The molecule has 0 amide bonds. The number of hydrogen-bond acceptors (Lipinski definition) is 7. The number of hydrogen-bond donors (Lipinski definition) is 3. The van der Waals surface area contributed by atoms with Crippen molar-refractivity contribution >= 4 is 32.4 Å². The molecule has 1 aliphatic heterocycles. The molecular weight excluding hydrogens is 432 g/mol. The normalized spacial score (nSPS) is 19.8. The first-order valence-corrected chi connectivity index (χ1v) is 12.4. The predicted octanol–water partition coefficient (Wildman–Crippen LogP) is 5.83. The van der Waals surface area contributed by atoms with Crippen molar-refractivity contribution in [2.24, 2.45) is 0 Å². The Kier molecular flexibility index (Phi) is 5.36. The van der Waals surface area contributed by atoms with E-state index in [4.69, 9.17) is 9.72 Å². The molecule has 0 unspecified atom stereocenters. The van der Waals surface area contributed by atoms with Gasteiger partial charge in [0.1, 0.15) is 11.5 Å². The molecule has 2 aliphatic rings. The van der Waals surface area contributed by atoms with Crippen LogP contribution in [-0.2, 0) is 6.42 Å². The molecule has 1 aliphatic carbocycles. The summed E-state index contributed by atoms with van der Waals surface area (Å²) in [4.78, 5) is 9.25. The Labute approximate surface area is 196 Å². The number of aliphatic hydroxyl groups is 1. The second-order valence-electron chi connectivity index (χ2n) is 8.78. The topological polar surface area (TPSA) is 79.3 Å². The zero-order chi connectivity index (χ0) is 22.2. The number of fused-ring (bicyclic) bond motifs is 2. The highest BCUT2D eigenvalue weighted by Gasteiger charge is 2.23. The first kappa shape index (κ1) is 20.4. The first-order valence-electron chi connectivity index (χ1n) is 11.6. The van der Waals surface area contributed by atoms with Gasteiger partial charge in [-0.3, -0.25) is 4.98 Å². The summed E-state index contributed by atoms with van der Waals surface area (Å²) < 4.78 is 7.24. The average Bonchev–Trinajstić information content (AvgIpc) is 3.46. The van der Waals surface area contributed by atoms with Gasteiger partial charge in [0.25, 0.3) is 0 Å². The Morgan fingerprint density at radius 2 is 1.94 bits per heavy atom. The van der Waals surface area contributed by atoms with E-state index in [0.717, 1.165) is 76.8 Å². The summed E-state index contributed by atoms with van der Waals surface area (Å²) in [5, 5.41) is 17.9. The van der Waals surface area contributed by atoms with Gasteiger partial charge in [0, 0.05) is 36.1 Å². The standard InChI is InChI=1S/C26H26N4O2S/c31-24-4-2-1-3-21(24)29-26-30-22-8-6-18(15-25(22)33-26)32-19-10-12-28-23(14-19)16-5-7-20-17(13-16)9-11-27-20/h5-8,10,12-15,21,24,27,31H,1-4,9,11H2,(H,29,30)/t21-,24-/m1/s1. The fourth-order valence-corrected chi connectivity index (χ4v) is 5.66. The molecule has 0 spiro atoms. The zero-order valence-corrected chi connectivity index (χ0v) is 19.1. The number of rotatable bonds is 5. The Balaban J connectivity index is 1.20. The first-order chi connectivity index (χ1) is 16.2. The van der Waals surface area contributed by atoms with E-state index in [1.165, 1.54) is 11.3 Å². The predicted molar refractivity (Wildman–Crippen MR) is 133 cm³/mol. The molecule has 3 heterocycles. The maximum Gasteiger partial charge on any atom is 0.184 e. The Morgan fingerprint density at radius 3 is 2.88 bits per heavy atom. The highest BCUT2D eigenvalue weighted by Crippen LogP contribution is 2.34. The van der Waals surface area contributed by atoms with Crippen LogP contribution in [0.1, 0.15) is 31.2 Å². The van der Waals surface area contributed by atoms with Crippen LogP contribution in [0.2, 0.25) is 0 Å². The van der Waals surface area contributed by atoms with Gasteiger partial charge in [0.05, 0.1) is 28.1 Å². The molecule has 0 radical (unpaired) electrons. The van der Waals surface area contributed by atoms with Gasteiger partial charge in [-0.05, 0) is 55.2 Å². The van der Waals surface area contributed by atoms with Gasteiger partial charge >= 0.3 is 0 Å². The van der Waals surface area contributed by atoms with Crippen LogP contribution < -0.4 is 15.4 Å². The fraction of sp³-hybridized carbons (Fsp3) is 0.308. The fourth-order valence-electron chi connectivity index (χ4n) is 4.70. The summed E-state index contributed by atoms with van der Waals surface area (Å²) in [6, 6.07) is 16.3. The Morgan fingerprint density at radius 1 is 1.03 bits per heavy atom. The molecule has 3 N–H and O–H groups in total. The number of anilines is 2. The quantitative estimate of drug-likeness (QED) is 0.349. The van der Waals surface area contributed by atoms with Crippen molar-refractivity contribution in [3.8, 4) is 22.8 Å². The molecule has 6 nitrogen and oxygen atoms in total. The summed E-state index contributed by atoms with van der Waals surface area (Å²) in [6.07, 6.45) is 6.62. The van der Waals surface area contributed by atoms with Gasteiger partial charge in [0.2, 0.25) is 0 Å². The van der Waals surface area contributed by atoms with E-state index in [1.807, 2.05) is 30.3 Å². The van der Waals surface area contributed by atoms with Crippen LogP contribution >= 0.6 is 11.3 Å². The van der Waals surface area contributed by atoms with Crippen molar-refractivity contribution in [1.29, 1.82) is 0 Å². The largest absolute Gasteiger partial charge is 0.457 e. The van der Waals surface area contributed by atoms with E-state index in [2.05, 4.69) is 33.8 Å². The highest BCUT2D eigenvalue weighted by atomic mass is 32.1. The minimum atomic E-state index is -0.299. The van der Waals surface area contributed by atoms with E-state index in [1.54, 1.807) is 17.5 Å². The number of aliphatic hydroxyl groups excluding tert-OH is 1. The number of ether oxygens (including phenoxy) is 1. The third-order valence-corrected chi connectivity index (χ3v) is 7.43. The van der Waals surface area contributed by atoms with Crippen molar-refractivity contribution in [2.75, 3.05) is 17.2 Å². The lowest BCUT2D eigenvalue weighted by molar-refractivity contribution is 0.116. The molecule has 0 saturated heterocycles. The average molecular weight is 459 g/mol. The van der Waals surface area contributed by atoms with Crippen molar-refractivity contribution in [3.63, 3.8) is 0 Å². The maximum atomic E-state index is 10.3. The molecule has 2 aromatic heterocycles. The number of thiazole rings is 1. The molecule has 33 heavy (non-hydrogen) atoms. The summed E-state index contributed by atoms with van der Waals surface area (Å²) in [5.74, 6) is 1.52. The second-order valence-corrected chi connectivity index (χ2v) is 9.81. The SMILES string of the molecule is O[C@@H]1CCCC[C@H]1Nc1nc2ccc(Oc3ccnc(-c4ccc5c(c4)CCN5)c3)cc2s1. The van der Waals surface area contributed by atoms with Crippen LogP contribution in [-0.4, -0.2) is 33.8 Å². The van der Waals surface area contributed by atoms with Gasteiger partial charge < -0.3 is 20.5 Å². The van der Waals surface area contributed by atoms with Gasteiger partial charge in [-0.15, -0.1) is 0 Å². The zero-order valence-electron chi connectivity index (χ0n) is 18.3. The summed E-state index contributed by atoms with van der Waals surface area (Å²) >= 11 is 1.60. The van der Waals surface area contributed by atoms with Gasteiger partial charge in [0.15, 0.2) is 5.13 Å². The summed E-state index contributed by atoms with van der Waals surface area (Å²) in [6.45, 7) is 0.994. The monoisotopic (exact) mass is 458 g/mol. The molecule has 0 bridgehead atoms. The number of benzene rings is 2. The van der Waals surface area contributed by atoms with Crippen LogP contribution in [0.3, 0.4) is 0 Å². The molecule has 1 fully saturated rings. The Hall–Kier alpha value is -3.16. The maximum absolute atomic E-state index is 10.3. The van der Waals surface area contributed by atoms with E-state index < -0.39 is 0 Å².